The van der Waals surface area contributed by atoms with Crippen molar-refractivity contribution in [3.8, 4) is 5.75 Å². The van der Waals surface area contributed by atoms with Crippen LogP contribution in [0.3, 0.4) is 0 Å². The van der Waals surface area contributed by atoms with Crippen LogP contribution in [0.2, 0.25) is 0 Å². The van der Waals surface area contributed by atoms with Gasteiger partial charge in [0.15, 0.2) is 0 Å². The Bertz CT molecular complexity index is 330. The molecule has 0 aliphatic heterocycles. The van der Waals surface area contributed by atoms with Crippen molar-refractivity contribution in [2.45, 2.75) is 25.7 Å². The zero-order chi connectivity index (χ0) is 12.0. The molecule has 0 fully saturated rings. The molecule has 0 radical (unpaired) electrons. The minimum absolute atomic E-state index is 0.164. The minimum atomic E-state index is -0.164. The van der Waals surface area contributed by atoms with Gasteiger partial charge < -0.3 is 9.47 Å². The number of ether oxygens (including phenoxy) is 2. The lowest BCUT2D eigenvalue weighted by atomic mass is 9.93. The van der Waals surface area contributed by atoms with Gasteiger partial charge in [-0.1, -0.05) is 19.1 Å². The van der Waals surface area contributed by atoms with Crippen LogP contribution in [-0.4, -0.2) is 20.2 Å². The third-order valence-corrected chi connectivity index (χ3v) is 2.72. The topological polar surface area (TPSA) is 35.5 Å². The molecule has 0 bridgehead atoms. The fourth-order valence-electron chi connectivity index (χ4n) is 1.66. The van der Waals surface area contributed by atoms with Gasteiger partial charge in [-0.2, -0.15) is 0 Å². The van der Waals surface area contributed by atoms with Gasteiger partial charge in [0, 0.05) is 0 Å². The predicted molar refractivity (Wildman–Crippen MR) is 62.7 cm³/mol. The van der Waals surface area contributed by atoms with E-state index in [9.17, 15) is 4.79 Å². The Balaban J connectivity index is 2.74. The average Bonchev–Trinajstić information content (AvgIpc) is 2.35. The summed E-state index contributed by atoms with van der Waals surface area (Å²) in [5.41, 5.74) is 1.15. The van der Waals surface area contributed by atoms with Crippen LogP contribution in [0, 0.1) is 0 Å². The normalized spacial score (nSPS) is 11.9. The highest BCUT2D eigenvalue weighted by atomic mass is 16.5. The smallest absolute Gasteiger partial charge is 0.306 e. The lowest BCUT2D eigenvalue weighted by Gasteiger charge is -2.14. The fourth-order valence-corrected chi connectivity index (χ4v) is 1.66. The second-order valence-electron chi connectivity index (χ2n) is 3.66. The summed E-state index contributed by atoms with van der Waals surface area (Å²) in [5, 5.41) is 0. The molecule has 0 spiro atoms. The van der Waals surface area contributed by atoms with Crippen molar-refractivity contribution in [1.29, 1.82) is 0 Å². The van der Waals surface area contributed by atoms with E-state index in [1.165, 1.54) is 7.11 Å². The first-order valence-electron chi connectivity index (χ1n) is 5.42. The van der Waals surface area contributed by atoms with E-state index >= 15 is 0 Å². The summed E-state index contributed by atoms with van der Waals surface area (Å²) in [5.74, 6) is 0.887. The first-order valence-corrected chi connectivity index (χ1v) is 5.42. The van der Waals surface area contributed by atoms with E-state index in [1.807, 2.05) is 24.3 Å². The first-order chi connectivity index (χ1) is 7.71. The molecule has 3 nitrogen and oxygen atoms in total. The van der Waals surface area contributed by atoms with Gasteiger partial charge in [0.25, 0.3) is 0 Å². The number of carbonyl (C=O) groups excluding carboxylic acids is 1. The van der Waals surface area contributed by atoms with Crippen LogP contribution in [0.15, 0.2) is 24.3 Å². The van der Waals surface area contributed by atoms with Crippen molar-refractivity contribution in [3.05, 3.63) is 29.8 Å². The summed E-state index contributed by atoms with van der Waals surface area (Å²) >= 11 is 0. The molecule has 0 aliphatic rings. The van der Waals surface area contributed by atoms with Gasteiger partial charge in [-0.3, -0.25) is 4.79 Å². The summed E-state index contributed by atoms with van der Waals surface area (Å²) in [6.07, 6.45) is 1.35. The molecule has 0 aromatic heterocycles. The third-order valence-electron chi connectivity index (χ3n) is 2.72. The SMILES string of the molecule is CC[C@@H](CC(=O)OC)c1ccc(OC)cc1. The van der Waals surface area contributed by atoms with Crippen LogP contribution in [0.1, 0.15) is 31.2 Å². The second-order valence-corrected chi connectivity index (χ2v) is 3.66. The maximum atomic E-state index is 11.2. The number of carbonyl (C=O) groups is 1. The van der Waals surface area contributed by atoms with Crippen molar-refractivity contribution in [1.82, 2.24) is 0 Å². The van der Waals surface area contributed by atoms with Crippen LogP contribution >= 0.6 is 0 Å². The Morgan fingerprint density at radius 2 is 1.88 bits per heavy atom. The Hall–Kier alpha value is -1.51. The molecule has 88 valence electrons. The highest BCUT2D eigenvalue weighted by molar-refractivity contribution is 5.70. The molecule has 0 saturated carbocycles. The monoisotopic (exact) mass is 222 g/mol. The summed E-state index contributed by atoms with van der Waals surface area (Å²) < 4.78 is 9.78. The molecular formula is C13H18O3. The molecule has 0 amide bonds. The maximum absolute atomic E-state index is 11.2. The van der Waals surface area contributed by atoms with E-state index in [0.29, 0.717) is 6.42 Å². The molecule has 0 N–H and O–H groups in total. The van der Waals surface area contributed by atoms with E-state index < -0.39 is 0 Å². The van der Waals surface area contributed by atoms with Crippen molar-refractivity contribution in [2.24, 2.45) is 0 Å². The van der Waals surface area contributed by atoms with Crippen LogP contribution in [0.25, 0.3) is 0 Å². The predicted octanol–water partition coefficient (Wildman–Crippen LogP) is 2.75. The van der Waals surface area contributed by atoms with Gasteiger partial charge in [0.1, 0.15) is 5.75 Å². The summed E-state index contributed by atoms with van der Waals surface area (Å²) in [4.78, 5) is 11.2. The zero-order valence-electron chi connectivity index (χ0n) is 10.0. The van der Waals surface area contributed by atoms with Crippen LogP contribution < -0.4 is 4.74 Å². The van der Waals surface area contributed by atoms with Crippen LogP contribution in [-0.2, 0) is 9.53 Å². The zero-order valence-corrected chi connectivity index (χ0v) is 10.0. The van der Waals surface area contributed by atoms with Crippen LogP contribution in [0.5, 0.6) is 5.75 Å². The van der Waals surface area contributed by atoms with E-state index in [2.05, 4.69) is 11.7 Å². The van der Waals surface area contributed by atoms with Crippen molar-refractivity contribution in [3.63, 3.8) is 0 Å². The van der Waals surface area contributed by atoms with Crippen molar-refractivity contribution < 1.29 is 14.3 Å². The Labute approximate surface area is 96.4 Å². The molecule has 0 heterocycles. The number of rotatable bonds is 5. The van der Waals surface area contributed by atoms with Crippen molar-refractivity contribution >= 4 is 5.97 Å². The Morgan fingerprint density at radius 1 is 1.25 bits per heavy atom. The second kappa shape index (κ2) is 6.16. The molecule has 1 aromatic rings. The van der Waals surface area contributed by atoms with Gasteiger partial charge in [0.2, 0.25) is 0 Å². The molecule has 1 atom stereocenters. The highest BCUT2D eigenvalue weighted by Gasteiger charge is 2.14. The lowest BCUT2D eigenvalue weighted by molar-refractivity contribution is -0.141. The molecule has 0 unspecified atom stereocenters. The summed E-state index contributed by atoms with van der Waals surface area (Å²) in [7, 11) is 3.06. The molecule has 0 aliphatic carbocycles. The molecule has 1 rings (SSSR count). The minimum Gasteiger partial charge on any atom is -0.497 e. The molecule has 16 heavy (non-hydrogen) atoms. The van der Waals surface area contributed by atoms with E-state index in [0.717, 1.165) is 17.7 Å². The van der Waals surface area contributed by atoms with E-state index in [-0.39, 0.29) is 11.9 Å². The standard InChI is InChI=1S/C13H18O3/c1-4-10(9-13(14)16-3)11-5-7-12(15-2)8-6-11/h5-8,10H,4,9H2,1-3H3/t10-/m0/s1. The third kappa shape index (κ3) is 3.26. The quantitative estimate of drug-likeness (QED) is 0.719. The van der Waals surface area contributed by atoms with E-state index in [1.54, 1.807) is 7.11 Å². The number of benzene rings is 1. The highest BCUT2D eigenvalue weighted by Crippen LogP contribution is 2.25. The first kappa shape index (κ1) is 12.6. The largest absolute Gasteiger partial charge is 0.497 e. The Kier molecular flexibility index (Phi) is 4.83. The van der Waals surface area contributed by atoms with Gasteiger partial charge in [-0.25, -0.2) is 0 Å². The van der Waals surface area contributed by atoms with E-state index in [4.69, 9.17) is 4.74 Å². The molecule has 1 aromatic carbocycles. The molecular weight excluding hydrogens is 204 g/mol. The van der Waals surface area contributed by atoms with Gasteiger partial charge in [0.05, 0.1) is 20.6 Å². The molecule has 3 heteroatoms. The summed E-state index contributed by atoms with van der Waals surface area (Å²) in [6, 6.07) is 7.82. The molecule has 0 saturated heterocycles. The maximum Gasteiger partial charge on any atom is 0.306 e. The van der Waals surface area contributed by atoms with Crippen molar-refractivity contribution in [2.75, 3.05) is 14.2 Å². The van der Waals surface area contributed by atoms with Gasteiger partial charge >= 0.3 is 5.97 Å². The lowest BCUT2D eigenvalue weighted by Crippen LogP contribution is -2.07. The summed E-state index contributed by atoms with van der Waals surface area (Å²) in [6.45, 7) is 2.07. The number of hydrogen-bond donors (Lipinski definition) is 0. The van der Waals surface area contributed by atoms with Gasteiger partial charge in [-0.05, 0) is 30.0 Å². The number of esters is 1. The fraction of sp³-hybridized carbons (Fsp3) is 0.462. The number of hydrogen-bond acceptors (Lipinski definition) is 3. The van der Waals surface area contributed by atoms with Crippen LogP contribution in [0.4, 0.5) is 0 Å². The number of methoxy groups -OCH3 is 2. The Morgan fingerprint density at radius 3 is 2.31 bits per heavy atom. The average molecular weight is 222 g/mol. The van der Waals surface area contributed by atoms with Gasteiger partial charge in [-0.15, -0.1) is 0 Å².